The molecule has 0 saturated carbocycles. The fourth-order valence-electron chi connectivity index (χ4n) is 0.300. The minimum atomic E-state index is -1.11. The van der Waals surface area contributed by atoms with Gasteiger partial charge in [-0.3, -0.25) is 0 Å². The van der Waals surface area contributed by atoms with E-state index in [1.165, 1.54) is 0 Å². The molecule has 5 heteroatoms. The van der Waals surface area contributed by atoms with Gasteiger partial charge in [0.2, 0.25) is 0 Å². The Morgan fingerprint density at radius 2 is 0.900 bits per heavy atom. The average molecular weight is 255 g/mol. The van der Waals surface area contributed by atoms with Crippen molar-refractivity contribution < 1.29 is 20.4 Å². The minimum absolute atomic E-state index is 0. The fourth-order valence-corrected chi connectivity index (χ4v) is 0.300. The number of hydrogen-bond donors (Lipinski definition) is 4. The van der Waals surface area contributed by atoms with Crippen molar-refractivity contribution in [3.8, 4) is 0 Å². The van der Waals surface area contributed by atoms with Gasteiger partial charge in [-0.1, -0.05) is 0 Å². The van der Waals surface area contributed by atoms with Crippen molar-refractivity contribution >= 4 is 23.9 Å². The molecular weight excluding hydrogens is 243 g/mol. The van der Waals surface area contributed by atoms with E-state index < -0.39 is 31.8 Å². The van der Waals surface area contributed by atoms with E-state index in [0.717, 1.165) is 0 Å². The van der Waals surface area contributed by atoms with Crippen molar-refractivity contribution in [3.05, 3.63) is 0 Å². The van der Waals surface area contributed by atoms with Crippen LogP contribution >= 0.6 is 0 Å². The van der Waals surface area contributed by atoms with Gasteiger partial charge in [-0.2, -0.15) is 0 Å². The number of rotatable bonds is 4. The van der Waals surface area contributed by atoms with Gasteiger partial charge in [-0.05, 0) is 0 Å². The third-order valence-electron chi connectivity index (χ3n) is 1.34. The summed E-state index contributed by atoms with van der Waals surface area (Å²) in [7, 11) is 0. The zero-order valence-electron chi connectivity index (χ0n) is 5.62. The molecule has 4 nitrogen and oxygen atoms in total. The summed E-state index contributed by atoms with van der Waals surface area (Å²) in [6.07, 6.45) is 0. The van der Waals surface area contributed by atoms with Crippen molar-refractivity contribution in [2.75, 3.05) is 26.4 Å². The van der Waals surface area contributed by atoms with E-state index in [0.29, 0.717) is 0 Å². The summed E-state index contributed by atoms with van der Waals surface area (Å²) in [5.41, 5.74) is -1.11. The third-order valence-corrected chi connectivity index (χ3v) is 1.34. The molecule has 0 aromatic carbocycles. The summed E-state index contributed by atoms with van der Waals surface area (Å²) in [6, 6.07) is 0. The first-order chi connectivity index (χ1) is 4.24. The predicted octanol–water partition coefficient (Wildman–Crippen LogP) is -2.44. The van der Waals surface area contributed by atoms with E-state index in [9.17, 15) is 0 Å². The van der Waals surface area contributed by atoms with Gasteiger partial charge in [-0.15, -0.1) is 0 Å². The quantitative estimate of drug-likeness (QED) is 0.421. The van der Waals surface area contributed by atoms with Crippen LogP contribution in [0, 0.1) is 5.41 Å². The SMILES string of the molecule is OCC(CO)(CO)CO.[Sn]. The molecule has 0 rings (SSSR count). The van der Waals surface area contributed by atoms with E-state index in [1.807, 2.05) is 0 Å². The van der Waals surface area contributed by atoms with Gasteiger partial charge in [-0.25, -0.2) is 0 Å². The van der Waals surface area contributed by atoms with Crippen LogP contribution < -0.4 is 0 Å². The second-order valence-corrected chi connectivity index (χ2v) is 2.13. The van der Waals surface area contributed by atoms with Gasteiger partial charge in [0.25, 0.3) is 0 Å². The molecule has 0 heterocycles. The van der Waals surface area contributed by atoms with E-state index in [4.69, 9.17) is 20.4 Å². The molecule has 0 bridgehead atoms. The standard InChI is InChI=1S/C5H12O4.Sn/c6-1-5(2-7,3-8)4-9;/h6-9H,1-4H2;. The van der Waals surface area contributed by atoms with Gasteiger partial charge >= 0.3 is 0 Å². The Morgan fingerprint density at radius 1 is 0.700 bits per heavy atom. The fraction of sp³-hybridized carbons (Fsp3) is 1.00. The maximum absolute atomic E-state index is 8.50. The van der Waals surface area contributed by atoms with E-state index in [2.05, 4.69) is 0 Å². The number of hydrogen-bond acceptors (Lipinski definition) is 4. The van der Waals surface area contributed by atoms with Gasteiger partial charge in [0.1, 0.15) is 0 Å². The van der Waals surface area contributed by atoms with Crippen molar-refractivity contribution in [2.24, 2.45) is 5.41 Å². The van der Waals surface area contributed by atoms with Gasteiger partial charge in [0.15, 0.2) is 0 Å². The van der Waals surface area contributed by atoms with Crippen LogP contribution in [0.2, 0.25) is 0 Å². The van der Waals surface area contributed by atoms with Gasteiger partial charge < -0.3 is 20.4 Å². The monoisotopic (exact) mass is 256 g/mol. The summed E-state index contributed by atoms with van der Waals surface area (Å²) >= 11 is 0. The van der Waals surface area contributed by atoms with Crippen molar-refractivity contribution in [3.63, 3.8) is 0 Å². The molecule has 0 aliphatic heterocycles. The molecule has 4 radical (unpaired) electrons. The first kappa shape index (κ1) is 13.2. The molecule has 0 spiro atoms. The molecular formula is C5H12O4Sn. The smallest absolute Gasteiger partial charge is 0.0627 e. The molecule has 0 amide bonds. The molecule has 0 aromatic heterocycles. The molecule has 0 saturated heterocycles. The minimum Gasteiger partial charge on any atom is -0.396 e. The molecule has 0 unspecified atom stereocenters. The average Bonchev–Trinajstić information content (AvgIpc) is 1.95. The Kier molecular flexibility index (Phi) is 8.42. The Morgan fingerprint density at radius 3 is 0.900 bits per heavy atom. The molecule has 4 N–H and O–H groups in total. The molecule has 0 atom stereocenters. The normalized spacial score (nSPS) is 10.8. The Bertz CT molecular complexity index is 56.5. The Hall–Kier alpha value is 0.639. The van der Waals surface area contributed by atoms with Crippen LogP contribution in [-0.4, -0.2) is 70.8 Å². The van der Waals surface area contributed by atoms with Crippen LogP contribution in [0.5, 0.6) is 0 Å². The zero-order valence-corrected chi connectivity index (χ0v) is 8.47. The van der Waals surface area contributed by atoms with Crippen LogP contribution in [-0.2, 0) is 0 Å². The van der Waals surface area contributed by atoms with Crippen LogP contribution in [0.3, 0.4) is 0 Å². The molecule has 10 heavy (non-hydrogen) atoms. The topological polar surface area (TPSA) is 80.9 Å². The maximum atomic E-state index is 8.50. The van der Waals surface area contributed by atoms with Crippen molar-refractivity contribution in [1.82, 2.24) is 0 Å². The first-order valence-electron chi connectivity index (χ1n) is 2.68. The molecule has 60 valence electrons. The second-order valence-electron chi connectivity index (χ2n) is 2.13. The van der Waals surface area contributed by atoms with E-state index >= 15 is 0 Å². The first-order valence-corrected chi connectivity index (χ1v) is 2.68. The summed E-state index contributed by atoms with van der Waals surface area (Å²) < 4.78 is 0. The molecule has 0 aromatic rings. The zero-order chi connectivity index (χ0) is 7.33. The van der Waals surface area contributed by atoms with Crippen molar-refractivity contribution in [2.45, 2.75) is 0 Å². The third kappa shape index (κ3) is 3.16. The molecule has 0 fully saturated rings. The van der Waals surface area contributed by atoms with Crippen molar-refractivity contribution in [1.29, 1.82) is 0 Å². The second kappa shape index (κ2) is 6.36. The summed E-state index contributed by atoms with van der Waals surface area (Å²) in [6.45, 7) is -1.62. The van der Waals surface area contributed by atoms with E-state index in [1.54, 1.807) is 0 Å². The Balaban J connectivity index is 0. The van der Waals surface area contributed by atoms with Crippen LogP contribution in [0.1, 0.15) is 0 Å². The maximum Gasteiger partial charge on any atom is 0.0627 e. The summed E-state index contributed by atoms with van der Waals surface area (Å²) in [5.74, 6) is 0. The Labute approximate surface area is 76.5 Å². The summed E-state index contributed by atoms with van der Waals surface area (Å²) in [4.78, 5) is 0. The number of aliphatic hydroxyl groups excluding tert-OH is 4. The molecule has 0 aliphatic carbocycles. The molecule has 0 aliphatic rings. The van der Waals surface area contributed by atoms with Gasteiger partial charge in [0.05, 0.1) is 31.8 Å². The van der Waals surface area contributed by atoms with E-state index in [-0.39, 0.29) is 23.9 Å². The summed E-state index contributed by atoms with van der Waals surface area (Å²) in [5, 5.41) is 34.0. The largest absolute Gasteiger partial charge is 0.396 e. The number of aliphatic hydroxyl groups is 4. The van der Waals surface area contributed by atoms with Crippen LogP contribution in [0.25, 0.3) is 0 Å². The predicted molar refractivity (Wildman–Crippen MR) is 36.5 cm³/mol. The van der Waals surface area contributed by atoms with Gasteiger partial charge in [0, 0.05) is 23.9 Å². The van der Waals surface area contributed by atoms with Crippen LogP contribution in [0.15, 0.2) is 0 Å². The van der Waals surface area contributed by atoms with Crippen LogP contribution in [0.4, 0.5) is 0 Å².